The van der Waals surface area contributed by atoms with Crippen LogP contribution < -0.4 is 5.56 Å². The van der Waals surface area contributed by atoms with E-state index >= 15 is 0 Å². The normalized spacial score (nSPS) is 17.6. The summed E-state index contributed by atoms with van der Waals surface area (Å²) in [6, 6.07) is 1.70. The fourth-order valence-corrected chi connectivity index (χ4v) is 4.71. The molecule has 1 atom stereocenters. The van der Waals surface area contributed by atoms with Gasteiger partial charge in [-0.2, -0.15) is 0 Å². The third-order valence-electron chi connectivity index (χ3n) is 4.51. The molecule has 118 valence electrons. The molecule has 22 heavy (non-hydrogen) atoms. The zero-order valence-corrected chi connectivity index (χ0v) is 13.8. The van der Waals surface area contributed by atoms with Crippen molar-refractivity contribution in [3.05, 3.63) is 32.6 Å². The topological polar surface area (TPSA) is 59.3 Å². The molecule has 5 heteroatoms. The van der Waals surface area contributed by atoms with Gasteiger partial charge in [-0.05, 0) is 43.2 Å². The molecule has 4 nitrogen and oxygen atoms in total. The van der Waals surface area contributed by atoms with Crippen LogP contribution in [-0.2, 0) is 19.4 Å². The van der Waals surface area contributed by atoms with E-state index < -0.39 is 5.97 Å². The maximum Gasteiger partial charge on any atom is 0.352 e. The number of fused-ring (bicyclic) bond motifs is 3. The van der Waals surface area contributed by atoms with E-state index in [1.165, 1.54) is 15.0 Å². The van der Waals surface area contributed by atoms with Crippen LogP contribution in [0.25, 0.3) is 10.1 Å². The van der Waals surface area contributed by atoms with Crippen LogP contribution in [0.2, 0.25) is 0 Å². The highest BCUT2D eigenvalue weighted by Crippen LogP contribution is 2.36. The van der Waals surface area contributed by atoms with E-state index in [0.717, 1.165) is 42.2 Å². The average molecular weight is 319 g/mol. The van der Waals surface area contributed by atoms with Crippen molar-refractivity contribution < 1.29 is 9.90 Å². The molecular formula is C17H21NO3S. The first-order valence-electron chi connectivity index (χ1n) is 7.94. The molecule has 2 aromatic heterocycles. The van der Waals surface area contributed by atoms with E-state index in [9.17, 15) is 14.7 Å². The van der Waals surface area contributed by atoms with E-state index in [2.05, 4.69) is 6.92 Å². The number of hydrogen-bond acceptors (Lipinski definition) is 3. The van der Waals surface area contributed by atoms with Crippen molar-refractivity contribution in [3.63, 3.8) is 0 Å². The number of aromatic nitrogens is 1. The summed E-state index contributed by atoms with van der Waals surface area (Å²) in [5, 5.41) is 10.2. The number of aromatic carboxylic acids is 1. The second kappa shape index (κ2) is 5.88. The fourth-order valence-electron chi connectivity index (χ4n) is 3.27. The molecule has 0 bridgehead atoms. The lowest BCUT2D eigenvalue weighted by molar-refractivity contribution is 0.0683. The van der Waals surface area contributed by atoms with Crippen molar-refractivity contribution in [1.82, 2.24) is 4.57 Å². The first-order chi connectivity index (χ1) is 10.5. The third-order valence-corrected chi connectivity index (χ3v) is 5.71. The summed E-state index contributed by atoms with van der Waals surface area (Å²) in [6.07, 6.45) is 4.79. The number of carboxylic acids is 1. The molecule has 1 unspecified atom stereocenters. The number of thiophene rings is 1. The molecule has 0 aromatic carbocycles. The highest BCUT2D eigenvalue weighted by atomic mass is 32.1. The molecule has 0 radical (unpaired) electrons. The van der Waals surface area contributed by atoms with E-state index in [4.69, 9.17) is 0 Å². The molecule has 2 aromatic rings. The van der Waals surface area contributed by atoms with Crippen molar-refractivity contribution in [2.24, 2.45) is 5.92 Å². The Bertz CT molecular complexity index is 787. The summed E-state index contributed by atoms with van der Waals surface area (Å²) in [4.78, 5) is 25.7. The van der Waals surface area contributed by atoms with E-state index in [1.807, 2.05) is 6.92 Å². The molecule has 0 fully saturated rings. The zero-order valence-electron chi connectivity index (χ0n) is 13.0. The summed E-state index contributed by atoms with van der Waals surface area (Å²) in [5.41, 5.74) is 1.18. The van der Waals surface area contributed by atoms with Gasteiger partial charge in [-0.3, -0.25) is 4.79 Å². The Hall–Kier alpha value is -1.62. The standard InChI is InChI=1S/C17H21NO3S/c1-3-4-7-18-12(17(20)21)9-14-15(16(18)19)11-6-5-10(2)8-13(11)22-14/h9-10H,3-8H2,1-2H3,(H,20,21). The van der Waals surface area contributed by atoms with Gasteiger partial charge in [0.2, 0.25) is 0 Å². The van der Waals surface area contributed by atoms with Crippen LogP contribution in [0, 0.1) is 5.92 Å². The van der Waals surface area contributed by atoms with Crippen LogP contribution >= 0.6 is 11.3 Å². The summed E-state index contributed by atoms with van der Waals surface area (Å²) in [6.45, 7) is 4.75. The van der Waals surface area contributed by atoms with Gasteiger partial charge in [-0.25, -0.2) is 4.79 Å². The van der Waals surface area contributed by atoms with Crippen LogP contribution in [0.5, 0.6) is 0 Å². The predicted octanol–water partition coefficient (Wildman–Crippen LogP) is 3.69. The van der Waals surface area contributed by atoms with Crippen LogP contribution in [-0.4, -0.2) is 15.6 Å². The Morgan fingerprint density at radius 3 is 2.95 bits per heavy atom. The van der Waals surface area contributed by atoms with Crippen LogP contribution in [0.15, 0.2) is 10.9 Å². The van der Waals surface area contributed by atoms with Crippen LogP contribution in [0.4, 0.5) is 0 Å². The van der Waals surface area contributed by atoms with Gasteiger partial charge in [-0.1, -0.05) is 20.3 Å². The summed E-state index contributed by atoms with van der Waals surface area (Å²) in [7, 11) is 0. The maximum absolute atomic E-state index is 12.9. The molecule has 0 saturated heterocycles. The minimum Gasteiger partial charge on any atom is -0.477 e. The number of carboxylic acid groups (broad SMARTS) is 1. The Morgan fingerprint density at radius 2 is 2.27 bits per heavy atom. The first-order valence-corrected chi connectivity index (χ1v) is 8.76. The van der Waals surface area contributed by atoms with Crippen molar-refractivity contribution >= 4 is 27.4 Å². The molecule has 0 amide bonds. The van der Waals surface area contributed by atoms with Crippen molar-refractivity contribution in [2.75, 3.05) is 0 Å². The number of aryl methyl sites for hydroxylation is 1. The van der Waals surface area contributed by atoms with E-state index in [-0.39, 0.29) is 11.3 Å². The number of carbonyl (C=O) groups is 1. The Labute approximate surface area is 133 Å². The molecule has 1 aliphatic carbocycles. The van der Waals surface area contributed by atoms with Gasteiger partial charge in [0, 0.05) is 16.1 Å². The van der Waals surface area contributed by atoms with E-state index in [1.54, 1.807) is 17.4 Å². The van der Waals surface area contributed by atoms with Crippen molar-refractivity contribution in [2.45, 2.75) is 52.5 Å². The lowest BCUT2D eigenvalue weighted by Gasteiger charge is -2.17. The van der Waals surface area contributed by atoms with Gasteiger partial charge >= 0.3 is 5.97 Å². The highest BCUT2D eigenvalue weighted by molar-refractivity contribution is 7.19. The lowest BCUT2D eigenvalue weighted by Crippen LogP contribution is -2.26. The number of pyridine rings is 1. The largest absolute Gasteiger partial charge is 0.477 e. The monoisotopic (exact) mass is 319 g/mol. The Kier molecular flexibility index (Phi) is 4.08. The van der Waals surface area contributed by atoms with Gasteiger partial charge in [0.25, 0.3) is 5.56 Å². The Morgan fingerprint density at radius 1 is 1.50 bits per heavy atom. The summed E-state index contributed by atoms with van der Waals surface area (Å²) >= 11 is 1.61. The minimum atomic E-state index is -1.02. The molecule has 0 saturated carbocycles. The third kappa shape index (κ3) is 2.47. The number of nitrogens with zero attached hydrogens (tertiary/aromatic N) is 1. The van der Waals surface area contributed by atoms with Gasteiger partial charge in [0.15, 0.2) is 0 Å². The molecule has 3 rings (SSSR count). The molecule has 0 spiro atoms. The smallest absolute Gasteiger partial charge is 0.352 e. The highest BCUT2D eigenvalue weighted by Gasteiger charge is 2.24. The van der Waals surface area contributed by atoms with Crippen molar-refractivity contribution in [3.8, 4) is 0 Å². The summed E-state index contributed by atoms with van der Waals surface area (Å²) < 4.78 is 2.30. The zero-order chi connectivity index (χ0) is 15.9. The Balaban J connectivity index is 2.25. The summed E-state index contributed by atoms with van der Waals surface area (Å²) in [5.74, 6) is -0.378. The number of rotatable bonds is 4. The average Bonchev–Trinajstić information content (AvgIpc) is 2.83. The molecule has 1 N–H and O–H groups in total. The maximum atomic E-state index is 12.9. The number of unbranched alkanes of at least 4 members (excludes halogenated alkanes) is 1. The molecular weight excluding hydrogens is 298 g/mol. The minimum absolute atomic E-state index is 0.115. The van der Waals surface area contributed by atoms with Gasteiger partial charge in [0.1, 0.15) is 5.69 Å². The van der Waals surface area contributed by atoms with Crippen molar-refractivity contribution in [1.29, 1.82) is 0 Å². The first kappa shape index (κ1) is 15.3. The SMILES string of the molecule is CCCCn1c(C(=O)O)cc2sc3c(c2c1=O)CCC(C)C3. The molecule has 1 aliphatic rings. The fraction of sp³-hybridized carbons (Fsp3) is 0.529. The second-order valence-electron chi connectivity index (χ2n) is 6.24. The van der Waals surface area contributed by atoms with Crippen LogP contribution in [0.3, 0.4) is 0 Å². The quantitative estimate of drug-likeness (QED) is 0.935. The van der Waals surface area contributed by atoms with Gasteiger partial charge in [0.05, 0.1) is 5.39 Å². The van der Waals surface area contributed by atoms with Crippen LogP contribution in [0.1, 0.15) is 54.0 Å². The van der Waals surface area contributed by atoms with E-state index in [0.29, 0.717) is 12.5 Å². The molecule has 0 aliphatic heterocycles. The second-order valence-corrected chi connectivity index (χ2v) is 7.37. The number of hydrogen-bond donors (Lipinski definition) is 1. The lowest BCUT2D eigenvalue weighted by atomic mass is 9.89. The van der Waals surface area contributed by atoms with Gasteiger partial charge < -0.3 is 9.67 Å². The molecule has 2 heterocycles. The predicted molar refractivity (Wildman–Crippen MR) is 89.1 cm³/mol. The van der Waals surface area contributed by atoms with Gasteiger partial charge in [-0.15, -0.1) is 11.3 Å².